The van der Waals surface area contributed by atoms with Crippen molar-refractivity contribution in [3.05, 3.63) is 113 Å². The fourth-order valence-corrected chi connectivity index (χ4v) is 2.90. The van der Waals surface area contributed by atoms with Gasteiger partial charge in [0.1, 0.15) is 0 Å². The van der Waals surface area contributed by atoms with Crippen LogP contribution in [0.1, 0.15) is 36.1 Å². The molecule has 0 unspecified atom stereocenters. The third-order valence-electron chi connectivity index (χ3n) is 4.19. The van der Waals surface area contributed by atoms with Crippen LogP contribution in [0.25, 0.3) is 6.08 Å². The van der Waals surface area contributed by atoms with Gasteiger partial charge in [0.2, 0.25) is 0 Å². The van der Waals surface area contributed by atoms with E-state index in [-0.39, 0.29) is 6.10 Å². The van der Waals surface area contributed by atoms with E-state index >= 15 is 0 Å². The first-order valence-electron chi connectivity index (χ1n) is 8.74. The third-order valence-corrected chi connectivity index (χ3v) is 4.19. The predicted molar refractivity (Wildman–Crippen MR) is 105 cm³/mol. The van der Waals surface area contributed by atoms with Crippen LogP contribution in [0.5, 0.6) is 0 Å². The zero-order chi connectivity index (χ0) is 17.3. The van der Waals surface area contributed by atoms with E-state index in [1.165, 1.54) is 22.3 Å². The van der Waals surface area contributed by atoms with E-state index < -0.39 is 0 Å². The molecule has 1 heteroatoms. The third kappa shape index (κ3) is 5.44. The van der Waals surface area contributed by atoms with Crippen LogP contribution in [0.15, 0.2) is 96.6 Å². The van der Waals surface area contributed by atoms with Gasteiger partial charge in [0, 0.05) is 0 Å². The lowest BCUT2D eigenvalue weighted by Gasteiger charge is -2.19. The minimum atomic E-state index is 0.0568. The van der Waals surface area contributed by atoms with Crippen molar-refractivity contribution < 1.29 is 4.74 Å². The molecule has 3 rings (SSSR count). The van der Waals surface area contributed by atoms with Crippen molar-refractivity contribution in [3.8, 4) is 0 Å². The van der Waals surface area contributed by atoms with Gasteiger partial charge in [-0.25, -0.2) is 0 Å². The Labute approximate surface area is 150 Å². The normalized spacial score (nSPS) is 12.8. The fraction of sp³-hybridized carbons (Fsp3) is 0.167. The highest BCUT2D eigenvalue weighted by atomic mass is 16.5. The van der Waals surface area contributed by atoms with Crippen LogP contribution in [0.3, 0.4) is 0 Å². The smallest absolute Gasteiger partial charge is 0.0866 e. The monoisotopic (exact) mass is 328 g/mol. The summed E-state index contributed by atoms with van der Waals surface area (Å²) in [7, 11) is 0. The van der Waals surface area contributed by atoms with E-state index in [9.17, 15) is 0 Å². The summed E-state index contributed by atoms with van der Waals surface area (Å²) in [4.78, 5) is 0. The van der Waals surface area contributed by atoms with Crippen molar-refractivity contribution in [2.24, 2.45) is 0 Å². The summed E-state index contributed by atoms with van der Waals surface area (Å²) in [6.07, 6.45) is 3.18. The molecule has 0 spiro atoms. The minimum absolute atomic E-state index is 0.0568. The second-order valence-corrected chi connectivity index (χ2v) is 6.30. The van der Waals surface area contributed by atoms with E-state index in [2.05, 4.69) is 85.8 Å². The molecular weight excluding hydrogens is 304 g/mol. The topological polar surface area (TPSA) is 9.23 Å². The lowest BCUT2D eigenvalue weighted by atomic mass is 10.0. The molecule has 126 valence electrons. The first kappa shape index (κ1) is 17.2. The molecule has 0 aliphatic heterocycles. The summed E-state index contributed by atoms with van der Waals surface area (Å²) < 4.78 is 6.28. The Morgan fingerprint density at radius 1 is 0.800 bits per heavy atom. The molecule has 1 nitrogen and oxygen atoms in total. The number of rotatable bonds is 7. The summed E-state index contributed by atoms with van der Waals surface area (Å²) >= 11 is 0. The summed E-state index contributed by atoms with van der Waals surface area (Å²) in [5.74, 6) is 0. The Balaban J connectivity index is 1.73. The van der Waals surface area contributed by atoms with Crippen LogP contribution in [0.4, 0.5) is 0 Å². The quantitative estimate of drug-likeness (QED) is 0.485. The van der Waals surface area contributed by atoms with Gasteiger partial charge in [0.05, 0.1) is 12.7 Å². The molecule has 0 N–H and O–H groups in total. The van der Waals surface area contributed by atoms with E-state index in [1.807, 2.05) is 18.2 Å². The first-order valence-corrected chi connectivity index (χ1v) is 8.74. The van der Waals surface area contributed by atoms with E-state index in [1.54, 1.807) is 0 Å². The number of benzene rings is 3. The van der Waals surface area contributed by atoms with Gasteiger partial charge in [0.25, 0.3) is 0 Å². The van der Waals surface area contributed by atoms with Gasteiger partial charge in [-0.15, -0.1) is 0 Å². The van der Waals surface area contributed by atoms with Crippen molar-refractivity contribution >= 4 is 6.08 Å². The summed E-state index contributed by atoms with van der Waals surface area (Å²) in [6, 6.07) is 31.3. The molecule has 25 heavy (non-hydrogen) atoms. The van der Waals surface area contributed by atoms with Crippen LogP contribution < -0.4 is 0 Å². The first-order chi connectivity index (χ1) is 12.3. The van der Waals surface area contributed by atoms with Gasteiger partial charge in [-0.3, -0.25) is 0 Å². The lowest BCUT2D eigenvalue weighted by molar-refractivity contribution is 0.0401. The van der Waals surface area contributed by atoms with Crippen molar-refractivity contribution in [3.63, 3.8) is 0 Å². The van der Waals surface area contributed by atoms with Gasteiger partial charge in [-0.05, 0) is 30.0 Å². The van der Waals surface area contributed by atoms with E-state index in [4.69, 9.17) is 4.74 Å². The molecule has 3 aromatic rings. The van der Waals surface area contributed by atoms with E-state index in [0.29, 0.717) is 6.61 Å². The summed E-state index contributed by atoms with van der Waals surface area (Å²) in [6.45, 7) is 2.80. The lowest BCUT2D eigenvalue weighted by Crippen LogP contribution is -2.05. The highest BCUT2D eigenvalue weighted by Crippen LogP contribution is 2.27. The van der Waals surface area contributed by atoms with Gasteiger partial charge in [-0.1, -0.05) is 103 Å². The molecule has 0 radical (unpaired) electrons. The van der Waals surface area contributed by atoms with Crippen molar-refractivity contribution in [2.45, 2.75) is 26.1 Å². The Morgan fingerprint density at radius 3 is 2.00 bits per heavy atom. The van der Waals surface area contributed by atoms with Gasteiger partial charge >= 0.3 is 0 Å². The minimum Gasteiger partial charge on any atom is -0.369 e. The van der Waals surface area contributed by atoms with Gasteiger partial charge in [0.15, 0.2) is 0 Å². The number of ether oxygens (including phenoxy) is 1. The molecule has 0 heterocycles. The Kier molecular flexibility index (Phi) is 6.19. The number of hydrogen-bond donors (Lipinski definition) is 0. The molecule has 0 amide bonds. The van der Waals surface area contributed by atoms with E-state index in [0.717, 1.165) is 6.42 Å². The highest BCUT2D eigenvalue weighted by Gasteiger charge is 2.13. The average molecular weight is 328 g/mol. The highest BCUT2D eigenvalue weighted by molar-refractivity contribution is 5.52. The van der Waals surface area contributed by atoms with Crippen molar-refractivity contribution in [2.75, 3.05) is 0 Å². The van der Waals surface area contributed by atoms with Crippen LogP contribution in [0.2, 0.25) is 0 Å². The van der Waals surface area contributed by atoms with Crippen molar-refractivity contribution in [1.82, 2.24) is 0 Å². The molecular formula is C24H24O. The number of hydrogen-bond acceptors (Lipinski definition) is 1. The molecule has 0 saturated heterocycles. The standard InChI is InChI=1S/C24H24O/c1-20(17-21-11-5-2-6-12-21)18-24(23-15-9-4-10-16-23)25-19-22-13-7-3-8-14-22/h2-17,24H,18-19H2,1H3/b20-17-/t24-/m0/s1. The maximum absolute atomic E-state index is 6.28. The fourth-order valence-electron chi connectivity index (χ4n) is 2.90. The van der Waals surface area contributed by atoms with Gasteiger partial charge in [-0.2, -0.15) is 0 Å². The molecule has 0 aliphatic rings. The van der Waals surface area contributed by atoms with Crippen LogP contribution in [-0.2, 0) is 11.3 Å². The maximum atomic E-state index is 6.28. The summed E-state index contributed by atoms with van der Waals surface area (Å²) in [5.41, 5.74) is 4.97. The molecule has 0 bridgehead atoms. The summed E-state index contributed by atoms with van der Waals surface area (Å²) in [5, 5.41) is 0. The van der Waals surface area contributed by atoms with Crippen LogP contribution in [0, 0.1) is 0 Å². The molecule has 0 fully saturated rings. The Bertz CT molecular complexity index is 776. The second kappa shape index (κ2) is 9.00. The average Bonchev–Trinajstić information content (AvgIpc) is 2.67. The maximum Gasteiger partial charge on any atom is 0.0866 e. The van der Waals surface area contributed by atoms with Crippen molar-refractivity contribution in [1.29, 1.82) is 0 Å². The SMILES string of the molecule is C/C(=C/c1ccccc1)C[C@H](OCc1ccccc1)c1ccccc1. The Hall–Kier alpha value is -2.64. The molecule has 1 atom stereocenters. The molecule has 0 aliphatic carbocycles. The zero-order valence-electron chi connectivity index (χ0n) is 14.6. The largest absolute Gasteiger partial charge is 0.369 e. The van der Waals surface area contributed by atoms with Gasteiger partial charge < -0.3 is 4.74 Å². The van der Waals surface area contributed by atoms with Crippen LogP contribution in [-0.4, -0.2) is 0 Å². The molecule has 0 aromatic heterocycles. The molecule has 3 aromatic carbocycles. The second-order valence-electron chi connectivity index (χ2n) is 6.30. The van der Waals surface area contributed by atoms with Crippen LogP contribution >= 0.6 is 0 Å². The zero-order valence-corrected chi connectivity index (χ0v) is 14.6. The molecule has 0 saturated carbocycles. The predicted octanol–water partition coefficient (Wildman–Crippen LogP) is 6.44. The Morgan fingerprint density at radius 2 is 1.36 bits per heavy atom.